The quantitative estimate of drug-likeness (QED) is 0.532. The van der Waals surface area contributed by atoms with E-state index >= 15 is 0 Å². The van der Waals surface area contributed by atoms with Crippen molar-refractivity contribution in [2.24, 2.45) is 18.8 Å². The molecule has 6 heteroatoms. The molecule has 15 heavy (non-hydrogen) atoms. The molecular formula is C9H17N5O. The molecule has 2 rings (SSSR count). The molecule has 2 heterocycles. The van der Waals surface area contributed by atoms with E-state index in [1.165, 1.54) is 0 Å². The number of hydrogen-bond donors (Lipinski definition) is 2. The molecule has 0 bridgehead atoms. The number of hydrazine groups is 1. The molecule has 1 aliphatic heterocycles. The highest BCUT2D eigenvalue weighted by molar-refractivity contribution is 5.05. The fourth-order valence-electron chi connectivity index (χ4n) is 2.07. The summed E-state index contributed by atoms with van der Waals surface area (Å²) in [5.74, 6) is 6.08. The molecule has 1 aromatic rings. The fraction of sp³-hybridized carbons (Fsp3) is 0.778. The number of aromatic nitrogens is 3. The van der Waals surface area contributed by atoms with Gasteiger partial charge in [-0.05, 0) is 12.3 Å². The Kier molecular flexibility index (Phi) is 2.99. The lowest BCUT2D eigenvalue weighted by Crippen LogP contribution is -2.39. The zero-order valence-electron chi connectivity index (χ0n) is 9.05. The van der Waals surface area contributed by atoms with Crippen molar-refractivity contribution in [2.45, 2.75) is 25.5 Å². The van der Waals surface area contributed by atoms with Crippen molar-refractivity contribution in [1.29, 1.82) is 0 Å². The molecule has 1 aliphatic rings. The van der Waals surface area contributed by atoms with Crippen molar-refractivity contribution < 1.29 is 4.74 Å². The van der Waals surface area contributed by atoms with Crippen molar-refractivity contribution in [3.63, 3.8) is 0 Å². The smallest absolute Gasteiger partial charge is 0.0909 e. The van der Waals surface area contributed by atoms with Gasteiger partial charge in [0.25, 0.3) is 0 Å². The third-order valence-electron chi connectivity index (χ3n) is 3.02. The second-order valence-electron chi connectivity index (χ2n) is 4.03. The van der Waals surface area contributed by atoms with Gasteiger partial charge in [-0.25, -0.2) is 5.43 Å². The summed E-state index contributed by atoms with van der Waals surface area (Å²) in [7, 11) is 1.85. The van der Waals surface area contributed by atoms with Gasteiger partial charge in [0.1, 0.15) is 0 Å². The van der Waals surface area contributed by atoms with Crippen LogP contribution in [-0.2, 0) is 11.8 Å². The van der Waals surface area contributed by atoms with Crippen molar-refractivity contribution >= 4 is 0 Å². The molecule has 84 valence electrons. The van der Waals surface area contributed by atoms with Crippen molar-refractivity contribution in [3.8, 4) is 0 Å². The molecule has 1 fully saturated rings. The molecule has 0 aromatic carbocycles. The highest BCUT2D eigenvalue weighted by atomic mass is 16.5. The molecule has 0 aliphatic carbocycles. The van der Waals surface area contributed by atoms with Crippen LogP contribution in [-0.4, -0.2) is 27.7 Å². The van der Waals surface area contributed by atoms with Crippen LogP contribution in [0.2, 0.25) is 0 Å². The van der Waals surface area contributed by atoms with Crippen molar-refractivity contribution in [1.82, 2.24) is 20.4 Å². The van der Waals surface area contributed by atoms with Gasteiger partial charge in [0, 0.05) is 13.7 Å². The Morgan fingerprint density at radius 3 is 3.00 bits per heavy atom. The third-order valence-corrected chi connectivity index (χ3v) is 3.02. The highest BCUT2D eigenvalue weighted by Gasteiger charge is 2.34. The van der Waals surface area contributed by atoms with E-state index in [0.717, 1.165) is 18.7 Å². The second-order valence-corrected chi connectivity index (χ2v) is 4.03. The number of nitrogens with zero attached hydrogens (tertiary/aromatic N) is 3. The van der Waals surface area contributed by atoms with Crippen molar-refractivity contribution in [2.75, 3.05) is 6.61 Å². The van der Waals surface area contributed by atoms with Crippen LogP contribution >= 0.6 is 0 Å². The van der Waals surface area contributed by atoms with Crippen molar-refractivity contribution in [3.05, 3.63) is 11.9 Å². The van der Waals surface area contributed by atoms with Crippen LogP contribution in [0.1, 0.15) is 25.1 Å². The minimum absolute atomic E-state index is 0.0394. The minimum Gasteiger partial charge on any atom is -0.376 e. The summed E-state index contributed by atoms with van der Waals surface area (Å²) < 4.78 is 7.41. The Labute approximate surface area is 88.7 Å². The summed E-state index contributed by atoms with van der Waals surface area (Å²) in [6.07, 6.45) is 2.90. The molecule has 0 radical (unpaired) electrons. The van der Waals surface area contributed by atoms with Gasteiger partial charge in [-0.2, -0.15) is 0 Å². The third kappa shape index (κ3) is 1.88. The number of aryl methyl sites for hydroxylation is 1. The van der Waals surface area contributed by atoms with Gasteiger partial charge in [-0.15, -0.1) is 5.10 Å². The van der Waals surface area contributed by atoms with E-state index in [-0.39, 0.29) is 12.1 Å². The summed E-state index contributed by atoms with van der Waals surface area (Å²) in [5.41, 5.74) is 3.75. The van der Waals surface area contributed by atoms with E-state index in [2.05, 4.69) is 22.7 Å². The van der Waals surface area contributed by atoms with Gasteiger partial charge in [0.2, 0.25) is 0 Å². The fourth-order valence-corrected chi connectivity index (χ4v) is 2.07. The molecule has 0 spiro atoms. The first-order chi connectivity index (χ1) is 7.24. The largest absolute Gasteiger partial charge is 0.376 e. The van der Waals surface area contributed by atoms with E-state index in [0.29, 0.717) is 5.92 Å². The van der Waals surface area contributed by atoms with Crippen LogP contribution < -0.4 is 11.3 Å². The highest BCUT2D eigenvalue weighted by Crippen LogP contribution is 2.30. The number of rotatable bonds is 3. The van der Waals surface area contributed by atoms with Gasteiger partial charge in [0.15, 0.2) is 0 Å². The first-order valence-electron chi connectivity index (χ1n) is 5.16. The number of nitrogens with two attached hydrogens (primary N) is 1. The maximum Gasteiger partial charge on any atom is 0.0909 e. The summed E-state index contributed by atoms with van der Waals surface area (Å²) in [6.45, 7) is 2.97. The van der Waals surface area contributed by atoms with Crippen LogP contribution in [0.5, 0.6) is 0 Å². The predicted octanol–water partition coefficient (Wildman–Crippen LogP) is -0.255. The number of ether oxygens (including phenoxy) is 1. The first kappa shape index (κ1) is 10.5. The van der Waals surface area contributed by atoms with E-state index < -0.39 is 0 Å². The molecular weight excluding hydrogens is 194 g/mol. The van der Waals surface area contributed by atoms with Gasteiger partial charge < -0.3 is 4.74 Å². The van der Waals surface area contributed by atoms with Gasteiger partial charge >= 0.3 is 0 Å². The Morgan fingerprint density at radius 1 is 1.73 bits per heavy atom. The lowest BCUT2D eigenvalue weighted by Gasteiger charge is -2.24. The van der Waals surface area contributed by atoms with E-state index in [1.807, 2.05) is 7.05 Å². The number of hydrogen-bond acceptors (Lipinski definition) is 5. The second kappa shape index (κ2) is 4.26. The van der Waals surface area contributed by atoms with Crippen LogP contribution in [0.15, 0.2) is 6.20 Å². The van der Waals surface area contributed by atoms with Gasteiger partial charge in [-0.3, -0.25) is 10.5 Å². The van der Waals surface area contributed by atoms with E-state index in [4.69, 9.17) is 10.6 Å². The molecule has 3 atom stereocenters. The summed E-state index contributed by atoms with van der Waals surface area (Å²) in [5, 5.41) is 7.75. The van der Waals surface area contributed by atoms with Crippen LogP contribution in [0, 0.1) is 5.92 Å². The summed E-state index contributed by atoms with van der Waals surface area (Å²) >= 11 is 0. The normalized spacial score (nSPS) is 28.2. The Balaban J connectivity index is 2.20. The Bertz CT molecular complexity index is 326. The topological polar surface area (TPSA) is 78.0 Å². The maximum absolute atomic E-state index is 5.69. The molecule has 1 aromatic heterocycles. The lowest BCUT2D eigenvalue weighted by molar-refractivity contribution is 0.0582. The van der Waals surface area contributed by atoms with Gasteiger partial charge in [-0.1, -0.05) is 12.1 Å². The maximum atomic E-state index is 5.69. The summed E-state index contributed by atoms with van der Waals surface area (Å²) in [6, 6.07) is -0.0394. The van der Waals surface area contributed by atoms with Crippen LogP contribution in [0.25, 0.3) is 0 Å². The molecule has 0 amide bonds. The SMILES string of the molecule is CC1CCOC1C(NN)c1cnnn1C. The van der Waals surface area contributed by atoms with Crippen LogP contribution in [0.3, 0.4) is 0 Å². The minimum atomic E-state index is -0.0394. The monoisotopic (exact) mass is 211 g/mol. The van der Waals surface area contributed by atoms with Gasteiger partial charge in [0.05, 0.1) is 24.0 Å². The zero-order chi connectivity index (χ0) is 10.8. The molecule has 3 N–H and O–H groups in total. The van der Waals surface area contributed by atoms with E-state index in [9.17, 15) is 0 Å². The zero-order valence-corrected chi connectivity index (χ0v) is 9.05. The first-order valence-corrected chi connectivity index (χ1v) is 5.16. The average Bonchev–Trinajstić information content (AvgIpc) is 2.80. The van der Waals surface area contributed by atoms with E-state index in [1.54, 1.807) is 10.9 Å². The predicted molar refractivity (Wildman–Crippen MR) is 54.6 cm³/mol. The Hall–Kier alpha value is -0.980. The standard InChI is InChI=1S/C9H17N5O/c1-6-3-4-15-9(6)8(12-10)7-5-11-13-14(7)2/h5-6,8-9,12H,3-4,10H2,1-2H3. The average molecular weight is 211 g/mol. The number of nitrogens with one attached hydrogen (secondary N) is 1. The Morgan fingerprint density at radius 2 is 2.53 bits per heavy atom. The molecule has 0 saturated carbocycles. The molecule has 1 saturated heterocycles. The summed E-state index contributed by atoms with van der Waals surface area (Å²) in [4.78, 5) is 0. The molecule has 6 nitrogen and oxygen atoms in total. The lowest BCUT2D eigenvalue weighted by atomic mass is 9.96. The molecule has 3 unspecified atom stereocenters. The van der Waals surface area contributed by atoms with Crippen LogP contribution in [0.4, 0.5) is 0 Å².